The van der Waals surface area contributed by atoms with Crippen LogP contribution in [0.2, 0.25) is 0 Å². The van der Waals surface area contributed by atoms with Gasteiger partial charge in [-0.05, 0) is 49.2 Å². The molecule has 0 bridgehead atoms. The van der Waals surface area contributed by atoms with Crippen LogP contribution in [0.1, 0.15) is 32.1 Å². The van der Waals surface area contributed by atoms with Crippen molar-refractivity contribution < 1.29 is 4.39 Å². The van der Waals surface area contributed by atoms with Crippen molar-refractivity contribution in [3.63, 3.8) is 0 Å². The van der Waals surface area contributed by atoms with E-state index in [-0.39, 0.29) is 5.82 Å². The Morgan fingerprint density at radius 2 is 1.64 bits per heavy atom. The number of hydrogen-bond donors (Lipinski definition) is 2. The maximum absolute atomic E-state index is 13.1. The molecule has 25 heavy (non-hydrogen) atoms. The monoisotopic (exact) mass is 336 g/mol. The van der Waals surface area contributed by atoms with Crippen LogP contribution >= 0.6 is 0 Å². The second kappa shape index (κ2) is 7.05. The number of aromatic nitrogens is 2. The van der Waals surface area contributed by atoms with Gasteiger partial charge in [-0.15, -0.1) is 0 Å². The van der Waals surface area contributed by atoms with E-state index in [1.54, 1.807) is 12.1 Å². The highest BCUT2D eigenvalue weighted by molar-refractivity contribution is 5.90. The molecule has 3 aromatic rings. The largest absolute Gasteiger partial charge is 0.367 e. The molecule has 0 atom stereocenters. The first kappa shape index (κ1) is 15.8. The predicted octanol–water partition coefficient (Wildman–Crippen LogP) is 5.26. The molecule has 2 N–H and O–H groups in total. The molecule has 1 aromatic heterocycles. The molecule has 1 aliphatic rings. The maximum Gasteiger partial charge on any atom is 0.229 e. The molecule has 1 fully saturated rings. The fourth-order valence-corrected chi connectivity index (χ4v) is 3.35. The molecule has 5 heteroatoms. The first-order valence-corrected chi connectivity index (χ1v) is 8.84. The smallest absolute Gasteiger partial charge is 0.229 e. The van der Waals surface area contributed by atoms with Gasteiger partial charge in [0, 0.05) is 17.1 Å². The average molecular weight is 336 g/mol. The molecule has 128 valence electrons. The SMILES string of the molecule is Fc1ccc(Nc2nc(NC3CCCCC3)c3ccccc3n2)cc1. The van der Waals surface area contributed by atoms with E-state index in [0.29, 0.717) is 12.0 Å². The summed E-state index contributed by atoms with van der Waals surface area (Å²) in [4.78, 5) is 9.28. The number of rotatable bonds is 4. The van der Waals surface area contributed by atoms with Crippen molar-refractivity contribution in [1.29, 1.82) is 0 Å². The fourth-order valence-electron chi connectivity index (χ4n) is 3.35. The van der Waals surface area contributed by atoms with Gasteiger partial charge in [-0.3, -0.25) is 0 Å². The zero-order chi connectivity index (χ0) is 17.1. The second-order valence-electron chi connectivity index (χ2n) is 6.52. The number of nitrogens with one attached hydrogen (secondary N) is 2. The van der Waals surface area contributed by atoms with Gasteiger partial charge in [-0.1, -0.05) is 31.4 Å². The molecule has 2 aromatic carbocycles. The van der Waals surface area contributed by atoms with Gasteiger partial charge in [0.05, 0.1) is 5.52 Å². The molecule has 1 aliphatic carbocycles. The average Bonchev–Trinajstić information content (AvgIpc) is 2.65. The van der Waals surface area contributed by atoms with E-state index in [2.05, 4.69) is 20.6 Å². The zero-order valence-corrected chi connectivity index (χ0v) is 14.0. The number of benzene rings is 2. The van der Waals surface area contributed by atoms with E-state index in [4.69, 9.17) is 0 Å². The summed E-state index contributed by atoms with van der Waals surface area (Å²) < 4.78 is 13.1. The minimum Gasteiger partial charge on any atom is -0.367 e. The number of para-hydroxylation sites is 1. The summed E-state index contributed by atoms with van der Waals surface area (Å²) in [6.07, 6.45) is 6.21. The summed E-state index contributed by atoms with van der Waals surface area (Å²) in [5.74, 6) is 1.12. The third kappa shape index (κ3) is 3.71. The van der Waals surface area contributed by atoms with Gasteiger partial charge in [-0.2, -0.15) is 4.98 Å². The van der Waals surface area contributed by atoms with Crippen molar-refractivity contribution in [3.8, 4) is 0 Å². The number of anilines is 3. The third-order valence-electron chi connectivity index (χ3n) is 4.65. The lowest BCUT2D eigenvalue weighted by Crippen LogP contribution is -2.23. The lowest BCUT2D eigenvalue weighted by atomic mass is 9.95. The van der Waals surface area contributed by atoms with Crippen molar-refractivity contribution >= 4 is 28.4 Å². The van der Waals surface area contributed by atoms with Gasteiger partial charge < -0.3 is 10.6 Å². The van der Waals surface area contributed by atoms with Gasteiger partial charge in [-0.25, -0.2) is 9.37 Å². The summed E-state index contributed by atoms with van der Waals surface area (Å²) >= 11 is 0. The molecule has 1 saturated carbocycles. The van der Waals surface area contributed by atoms with Crippen LogP contribution in [-0.4, -0.2) is 16.0 Å². The highest BCUT2D eigenvalue weighted by Crippen LogP contribution is 2.27. The molecule has 1 heterocycles. The topological polar surface area (TPSA) is 49.8 Å². The van der Waals surface area contributed by atoms with Gasteiger partial charge in [0.1, 0.15) is 11.6 Å². The van der Waals surface area contributed by atoms with Crippen LogP contribution in [0.4, 0.5) is 21.8 Å². The van der Waals surface area contributed by atoms with E-state index in [1.807, 2.05) is 24.3 Å². The first-order valence-electron chi connectivity index (χ1n) is 8.84. The molecule has 4 nitrogen and oxygen atoms in total. The maximum atomic E-state index is 13.1. The first-order chi connectivity index (χ1) is 12.3. The Kier molecular flexibility index (Phi) is 4.46. The van der Waals surface area contributed by atoms with E-state index in [1.165, 1.54) is 44.2 Å². The highest BCUT2D eigenvalue weighted by atomic mass is 19.1. The molecule has 0 aliphatic heterocycles. The van der Waals surface area contributed by atoms with Crippen LogP contribution in [-0.2, 0) is 0 Å². The lowest BCUT2D eigenvalue weighted by molar-refractivity contribution is 0.462. The van der Waals surface area contributed by atoms with Crippen LogP contribution in [0.15, 0.2) is 48.5 Å². The Morgan fingerprint density at radius 1 is 0.880 bits per heavy atom. The molecular weight excluding hydrogens is 315 g/mol. The summed E-state index contributed by atoms with van der Waals surface area (Å²) in [7, 11) is 0. The summed E-state index contributed by atoms with van der Waals surface area (Å²) in [5, 5.41) is 7.81. The van der Waals surface area contributed by atoms with Crippen molar-refractivity contribution in [3.05, 3.63) is 54.3 Å². The summed E-state index contributed by atoms with van der Waals surface area (Å²) in [5.41, 5.74) is 1.65. The van der Waals surface area contributed by atoms with Crippen LogP contribution in [0.3, 0.4) is 0 Å². The van der Waals surface area contributed by atoms with Crippen molar-refractivity contribution in [2.75, 3.05) is 10.6 Å². The lowest BCUT2D eigenvalue weighted by Gasteiger charge is -2.24. The molecule has 0 unspecified atom stereocenters. The van der Waals surface area contributed by atoms with E-state index in [9.17, 15) is 4.39 Å². The molecule has 0 amide bonds. The van der Waals surface area contributed by atoms with Crippen molar-refractivity contribution in [1.82, 2.24) is 9.97 Å². The molecule has 0 saturated heterocycles. The Hall–Kier alpha value is -2.69. The fraction of sp³-hybridized carbons (Fsp3) is 0.300. The van der Waals surface area contributed by atoms with Gasteiger partial charge in [0.15, 0.2) is 0 Å². The second-order valence-corrected chi connectivity index (χ2v) is 6.52. The quantitative estimate of drug-likeness (QED) is 0.682. The minimum atomic E-state index is -0.260. The number of nitrogens with zero attached hydrogens (tertiary/aromatic N) is 2. The molecule has 0 radical (unpaired) electrons. The minimum absolute atomic E-state index is 0.260. The Balaban J connectivity index is 1.66. The van der Waals surface area contributed by atoms with Gasteiger partial charge in [0.25, 0.3) is 0 Å². The zero-order valence-electron chi connectivity index (χ0n) is 14.0. The van der Waals surface area contributed by atoms with Crippen LogP contribution in [0.25, 0.3) is 10.9 Å². The Morgan fingerprint density at radius 3 is 2.44 bits per heavy atom. The van der Waals surface area contributed by atoms with Crippen LogP contribution in [0, 0.1) is 5.82 Å². The number of fused-ring (bicyclic) bond motifs is 1. The molecule has 4 rings (SSSR count). The van der Waals surface area contributed by atoms with E-state index in [0.717, 1.165) is 22.4 Å². The Labute approximate surface area is 146 Å². The van der Waals surface area contributed by atoms with Crippen molar-refractivity contribution in [2.24, 2.45) is 0 Å². The van der Waals surface area contributed by atoms with Crippen molar-refractivity contribution in [2.45, 2.75) is 38.1 Å². The Bertz CT molecular complexity index is 857. The number of hydrogen-bond acceptors (Lipinski definition) is 4. The van der Waals surface area contributed by atoms with E-state index < -0.39 is 0 Å². The van der Waals surface area contributed by atoms with Gasteiger partial charge >= 0.3 is 0 Å². The number of halogens is 1. The standard InChI is InChI=1S/C20H21FN4/c21-14-10-12-16(13-11-14)23-20-24-18-9-5-4-8-17(18)19(25-20)22-15-6-2-1-3-7-15/h4-5,8-13,15H,1-3,6-7H2,(H2,22,23,24,25). The molecular formula is C20H21FN4. The summed E-state index contributed by atoms with van der Waals surface area (Å²) in [6, 6.07) is 14.7. The molecule has 0 spiro atoms. The van der Waals surface area contributed by atoms with Crippen LogP contribution in [0.5, 0.6) is 0 Å². The van der Waals surface area contributed by atoms with Crippen LogP contribution < -0.4 is 10.6 Å². The van der Waals surface area contributed by atoms with Gasteiger partial charge in [0.2, 0.25) is 5.95 Å². The third-order valence-corrected chi connectivity index (χ3v) is 4.65. The summed E-state index contributed by atoms with van der Waals surface area (Å²) in [6.45, 7) is 0. The van der Waals surface area contributed by atoms with E-state index >= 15 is 0 Å². The highest BCUT2D eigenvalue weighted by Gasteiger charge is 2.16. The predicted molar refractivity (Wildman–Crippen MR) is 99.7 cm³/mol. The normalized spacial score (nSPS) is 15.2.